The highest BCUT2D eigenvalue weighted by molar-refractivity contribution is 9.10. The number of rotatable bonds is 1. The van der Waals surface area contributed by atoms with Crippen LogP contribution in [0.5, 0.6) is 5.75 Å². The molecule has 0 radical (unpaired) electrons. The van der Waals surface area contributed by atoms with Gasteiger partial charge in [0.15, 0.2) is 0 Å². The first-order valence-corrected chi connectivity index (χ1v) is 10.5. The van der Waals surface area contributed by atoms with Crippen molar-refractivity contribution in [3.8, 4) is 5.75 Å². The van der Waals surface area contributed by atoms with E-state index in [1.165, 1.54) is 13.0 Å². The summed E-state index contributed by atoms with van der Waals surface area (Å²) in [5.41, 5.74) is 2.33. The molecule has 0 saturated carbocycles. The molecule has 0 saturated heterocycles. The summed E-state index contributed by atoms with van der Waals surface area (Å²) < 4.78 is 46.3. The van der Waals surface area contributed by atoms with Gasteiger partial charge in [-0.15, -0.1) is 0 Å². The summed E-state index contributed by atoms with van der Waals surface area (Å²) in [6.07, 6.45) is -4.35. The zero-order valence-electron chi connectivity index (χ0n) is 16.8. The standard InChI is InChI=1S/C17H14BrNO2.C6H5F3O/c1-2-19-14-6-4-3-5-12(14)17(16(19)20)10-21-15-8-7-11(18)9-13(15)17;1-4-2-3-5(10-4)6(7,8)9/h3-9H,2,10H2,1H3;2-3H,1H3. The van der Waals surface area contributed by atoms with Gasteiger partial charge in [0.25, 0.3) is 0 Å². The summed E-state index contributed by atoms with van der Waals surface area (Å²) in [7, 11) is 0. The number of furan rings is 1. The number of nitrogens with zero attached hydrogens (tertiary/aromatic N) is 1. The maximum atomic E-state index is 13.1. The van der Waals surface area contributed by atoms with E-state index in [2.05, 4.69) is 20.3 Å². The van der Waals surface area contributed by atoms with Gasteiger partial charge in [0.05, 0.1) is 0 Å². The fourth-order valence-electron chi connectivity index (χ4n) is 4.05. The van der Waals surface area contributed by atoms with Crippen LogP contribution in [0.2, 0.25) is 0 Å². The second-order valence-electron chi connectivity index (χ2n) is 7.31. The molecular formula is C23H19BrF3NO3. The Morgan fingerprint density at radius 3 is 2.45 bits per heavy atom. The minimum absolute atomic E-state index is 0.114. The Kier molecular flexibility index (Phi) is 5.37. The summed E-state index contributed by atoms with van der Waals surface area (Å²) in [5, 5.41) is 0. The van der Waals surface area contributed by atoms with Crippen LogP contribution in [0.25, 0.3) is 0 Å². The van der Waals surface area contributed by atoms with E-state index < -0.39 is 17.4 Å². The highest BCUT2D eigenvalue weighted by Gasteiger charge is 2.56. The van der Waals surface area contributed by atoms with Crippen molar-refractivity contribution in [2.24, 2.45) is 0 Å². The maximum absolute atomic E-state index is 13.1. The molecule has 8 heteroatoms. The number of benzene rings is 2. The SMILES string of the molecule is CCN1C(=O)C2(COc3ccc(Br)cc32)c2ccccc21.Cc1ccc(C(F)(F)F)o1. The van der Waals surface area contributed by atoms with E-state index >= 15 is 0 Å². The van der Waals surface area contributed by atoms with Crippen LogP contribution in [0.1, 0.15) is 29.6 Å². The molecule has 0 aliphatic carbocycles. The first kappa shape index (κ1) is 21.5. The number of alkyl halides is 3. The number of amides is 1. The van der Waals surface area contributed by atoms with Crippen molar-refractivity contribution in [1.29, 1.82) is 0 Å². The normalized spacial score (nSPS) is 19.0. The summed E-state index contributed by atoms with van der Waals surface area (Å²) in [5.74, 6) is 0.250. The van der Waals surface area contributed by atoms with E-state index in [1.54, 1.807) is 0 Å². The molecule has 3 aromatic rings. The number of fused-ring (bicyclic) bond motifs is 4. The first-order valence-electron chi connectivity index (χ1n) is 9.66. The zero-order valence-corrected chi connectivity index (χ0v) is 18.4. The predicted octanol–water partition coefficient (Wildman–Crippen LogP) is 6.10. The van der Waals surface area contributed by atoms with Gasteiger partial charge in [-0.2, -0.15) is 13.2 Å². The van der Waals surface area contributed by atoms with Crippen molar-refractivity contribution in [1.82, 2.24) is 0 Å². The van der Waals surface area contributed by atoms with Crippen LogP contribution >= 0.6 is 15.9 Å². The highest BCUT2D eigenvalue weighted by Crippen LogP contribution is 2.52. The Balaban J connectivity index is 0.000000196. The van der Waals surface area contributed by atoms with Gasteiger partial charge in [0.1, 0.15) is 23.5 Å². The van der Waals surface area contributed by atoms with Crippen molar-refractivity contribution >= 4 is 27.5 Å². The first-order chi connectivity index (χ1) is 14.7. The summed E-state index contributed by atoms with van der Waals surface area (Å²) in [6, 6.07) is 16.1. The highest BCUT2D eigenvalue weighted by atomic mass is 79.9. The molecule has 31 heavy (non-hydrogen) atoms. The van der Waals surface area contributed by atoms with E-state index in [9.17, 15) is 18.0 Å². The lowest BCUT2D eigenvalue weighted by Gasteiger charge is -2.22. The molecule has 0 bridgehead atoms. The van der Waals surface area contributed by atoms with E-state index in [1.807, 2.05) is 54.3 Å². The second kappa shape index (κ2) is 7.75. The minimum Gasteiger partial charge on any atom is -0.491 e. The van der Waals surface area contributed by atoms with E-state index in [-0.39, 0.29) is 11.7 Å². The number of carbonyl (C=O) groups is 1. The third-order valence-electron chi connectivity index (χ3n) is 5.45. The third-order valence-corrected chi connectivity index (χ3v) is 5.94. The fraction of sp³-hybridized carbons (Fsp3) is 0.261. The molecule has 1 aromatic heterocycles. The number of para-hydroxylation sites is 1. The Morgan fingerprint density at radius 1 is 1.10 bits per heavy atom. The quantitative estimate of drug-likeness (QED) is 0.411. The van der Waals surface area contributed by atoms with E-state index in [4.69, 9.17) is 4.74 Å². The van der Waals surface area contributed by atoms with Gasteiger partial charge in [-0.05, 0) is 55.8 Å². The molecule has 2 aliphatic rings. The minimum atomic E-state index is -4.35. The Hall–Kier alpha value is -2.74. The number of aryl methyl sites for hydroxylation is 1. The largest absolute Gasteiger partial charge is 0.491 e. The second-order valence-corrected chi connectivity index (χ2v) is 8.22. The molecule has 2 aliphatic heterocycles. The van der Waals surface area contributed by atoms with Crippen molar-refractivity contribution < 1.29 is 27.1 Å². The lowest BCUT2D eigenvalue weighted by Crippen LogP contribution is -2.42. The van der Waals surface area contributed by atoms with Gasteiger partial charge >= 0.3 is 6.18 Å². The van der Waals surface area contributed by atoms with Gasteiger partial charge in [0.2, 0.25) is 11.7 Å². The summed E-state index contributed by atoms with van der Waals surface area (Å²) in [6.45, 7) is 4.52. The average Bonchev–Trinajstić information content (AvgIpc) is 3.39. The molecule has 1 amide bonds. The molecule has 4 nitrogen and oxygen atoms in total. The molecule has 2 aromatic carbocycles. The van der Waals surface area contributed by atoms with E-state index in [0.717, 1.165) is 33.1 Å². The fourth-order valence-corrected chi connectivity index (χ4v) is 4.41. The molecule has 1 unspecified atom stereocenters. The number of anilines is 1. The molecule has 1 spiro atoms. The molecule has 3 heterocycles. The van der Waals surface area contributed by atoms with Crippen LogP contribution in [0, 0.1) is 6.92 Å². The summed E-state index contributed by atoms with van der Waals surface area (Å²) in [4.78, 5) is 15.0. The van der Waals surface area contributed by atoms with Crippen molar-refractivity contribution in [2.75, 3.05) is 18.1 Å². The maximum Gasteiger partial charge on any atom is 0.449 e. The molecule has 0 fully saturated rings. The topological polar surface area (TPSA) is 42.7 Å². The number of hydrogen-bond acceptors (Lipinski definition) is 3. The van der Waals surface area contributed by atoms with E-state index in [0.29, 0.717) is 13.2 Å². The average molecular weight is 494 g/mol. The number of hydrogen-bond donors (Lipinski definition) is 0. The predicted molar refractivity (Wildman–Crippen MR) is 113 cm³/mol. The third kappa shape index (κ3) is 3.52. The molecule has 5 rings (SSSR count). The Labute approximate surface area is 185 Å². The molecule has 162 valence electrons. The zero-order chi connectivity index (χ0) is 22.4. The number of carbonyl (C=O) groups excluding carboxylic acids is 1. The van der Waals surface area contributed by atoms with Crippen LogP contribution in [-0.2, 0) is 16.4 Å². The van der Waals surface area contributed by atoms with Crippen LogP contribution in [0.4, 0.5) is 18.9 Å². The van der Waals surface area contributed by atoms with Crippen LogP contribution in [0.3, 0.4) is 0 Å². The van der Waals surface area contributed by atoms with Gasteiger partial charge in [-0.1, -0.05) is 34.1 Å². The van der Waals surface area contributed by atoms with Crippen molar-refractivity contribution in [3.63, 3.8) is 0 Å². The lowest BCUT2D eigenvalue weighted by atomic mass is 9.77. The number of likely N-dealkylation sites (N-methyl/N-ethyl adjacent to an activating group) is 1. The number of ether oxygens (including phenoxy) is 1. The van der Waals surface area contributed by atoms with Gasteiger partial charge in [0, 0.05) is 22.3 Å². The summed E-state index contributed by atoms with van der Waals surface area (Å²) >= 11 is 3.51. The molecule has 0 N–H and O–H groups in total. The van der Waals surface area contributed by atoms with Crippen molar-refractivity contribution in [2.45, 2.75) is 25.4 Å². The smallest absolute Gasteiger partial charge is 0.449 e. The Bertz CT molecular complexity index is 1140. The monoisotopic (exact) mass is 493 g/mol. The van der Waals surface area contributed by atoms with Crippen LogP contribution < -0.4 is 9.64 Å². The van der Waals surface area contributed by atoms with Gasteiger partial charge in [-0.25, -0.2) is 0 Å². The molecular weight excluding hydrogens is 475 g/mol. The van der Waals surface area contributed by atoms with Crippen LogP contribution in [-0.4, -0.2) is 19.1 Å². The number of halogens is 4. The Morgan fingerprint density at radius 2 is 1.84 bits per heavy atom. The van der Waals surface area contributed by atoms with Gasteiger partial charge in [-0.3, -0.25) is 4.79 Å². The lowest BCUT2D eigenvalue weighted by molar-refractivity contribution is -0.153. The molecule has 1 atom stereocenters. The van der Waals surface area contributed by atoms with Crippen molar-refractivity contribution in [3.05, 3.63) is 81.7 Å². The van der Waals surface area contributed by atoms with Crippen LogP contribution in [0.15, 0.2) is 63.5 Å². The van der Waals surface area contributed by atoms with Gasteiger partial charge < -0.3 is 14.1 Å².